The summed E-state index contributed by atoms with van der Waals surface area (Å²) < 4.78 is 36.1. The van der Waals surface area contributed by atoms with Gasteiger partial charge in [-0.25, -0.2) is 13.6 Å². The Labute approximate surface area is 122 Å². The van der Waals surface area contributed by atoms with Gasteiger partial charge in [-0.15, -0.1) is 0 Å². The zero-order valence-corrected chi connectivity index (χ0v) is 12.3. The smallest absolute Gasteiger partial charge is 0.408 e. The number of carbonyl (C=O) groups excluding carboxylic acids is 1. The minimum Gasteiger partial charge on any atom is -0.495 e. The molecule has 0 atom stereocenters. The molecule has 21 heavy (non-hydrogen) atoms. The van der Waals surface area contributed by atoms with Crippen LogP contribution in [-0.2, 0) is 4.74 Å². The maximum absolute atomic E-state index is 13.1. The lowest BCUT2D eigenvalue weighted by atomic mass is 10.2. The van der Waals surface area contributed by atoms with Crippen molar-refractivity contribution in [2.45, 2.75) is 26.4 Å². The molecule has 0 aromatic heterocycles. The zero-order valence-electron chi connectivity index (χ0n) is 12.3. The number of alkyl carbamates (subject to hydrolysis) is 1. The van der Waals surface area contributed by atoms with E-state index in [-0.39, 0.29) is 17.9 Å². The quantitative estimate of drug-likeness (QED) is 0.854. The van der Waals surface area contributed by atoms with Crippen LogP contribution in [0.3, 0.4) is 0 Å². The summed E-state index contributed by atoms with van der Waals surface area (Å²) in [5.41, 5.74) is -0.400. The fraction of sp³-hybridized carbons (Fsp3) is 0.400. The van der Waals surface area contributed by atoms with Gasteiger partial charge >= 0.3 is 6.09 Å². The van der Waals surface area contributed by atoms with Crippen LogP contribution in [0.15, 0.2) is 12.1 Å². The topological polar surface area (TPSA) is 47.6 Å². The van der Waals surface area contributed by atoms with Crippen LogP contribution in [0.2, 0.25) is 0 Å². The van der Waals surface area contributed by atoms with E-state index in [2.05, 4.69) is 17.2 Å². The molecule has 0 radical (unpaired) electrons. The summed E-state index contributed by atoms with van der Waals surface area (Å²) in [6, 6.07) is 1.86. The molecule has 0 aliphatic rings. The molecule has 114 valence electrons. The van der Waals surface area contributed by atoms with Gasteiger partial charge in [0, 0.05) is 6.07 Å². The first kappa shape index (κ1) is 16.8. The lowest BCUT2D eigenvalue weighted by Gasteiger charge is -2.19. The summed E-state index contributed by atoms with van der Waals surface area (Å²) in [5.74, 6) is 3.31. The van der Waals surface area contributed by atoms with E-state index in [1.807, 2.05) is 0 Å². The van der Waals surface area contributed by atoms with E-state index in [4.69, 9.17) is 9.47 Å². The van der Waals surface area contributed by atoms with E-state index in [9.17, 15) is 13.6 Å². The first-order valence-electron chi connectivity index (χ1n) is 6.21. The number of halogens is 2. The third kappa shape index (κ3) is 5.69. The van der Waals surface area contributed by atoms with E-state index in [1.54, 1.807) is 20.8 Å². The first-order chi connectivity index (χ1) is 9.73. The van der Waals surface area contributed by atoms with Gasteiger partial charge in [-0.05, 0) is 26.8 Å². The summed E-state index contributed by atoms with van der Waals surface area (Å²) in [5, 5.41) is 2.43. The highest BCUT2D eigenvalue weighted by Crippen LogP contribution is 2.20. The molecule has 0 bridgehead atoms. The Hall–Kier alpha value is -2.29. The van der Waals surface area contributed by atoms with E-state index in [0.717, 1.165) is 12.1 Å². The molecule has 1 aromatic rings. The first-order valence-corrected chi connectivity index (χ1v) is 6.21. The summed E-state index contributed by atoms with van der Waals surface area (Å²) in [4.78, 5) is 11.4. The number of ether oxygens (including phenoxy) is 2. The van der Waals surface area contributed by atoms with E-state index < -0.39 is 23.3 Å². The number of amides is 1. The van der Waals surface area contributed by atoms with Crippen molar-refractivity contribution in [2.75, 3.05) is 13.7 Å². The van der Waals surface area contributed by atoms with Crippen molar-refractivity contribution in [3.05, 3.63) is 29.3 Å². The number of methoxy groups -OCH3 is 1. The van der Waals surface area contributed by atoms with Gasteiger partial charge < -0.3 is 14.8 Å². The fourth-order valence-corrected chi connectivity index (χ4v) is 1.37. The Morgan fingerprint density at radius 3 is 2.48 bits per heavy atom. The van der Waals surface area contributed by atoms with Crippen LogP contribution in [0.5, 0.6) is 5.75 Å². The zero-order chi connectivity index (χ0) is 16.0. The molecule has 4 nitrogen and oxygen atoms in total. The molecule has 0 saturated carbocycles. The summed E-state index contributed by atoms with van der Waals surface area (Å²) in [6.45, 7) is 5.23. The van der Waals surface area contributed by atoms with Gasteiger partial charge in [-0.3, -0.25) is 0 Å². The van der Waals surface area contributed by atoms with Gasteiger partial charge in [0.05, 0.1) is 19.2 Å². The van der Waals surface area contributed by atoms with Gasteiger partial charge in [0.1, 0.15) is 11.4 Å². The summed E-state index contributed by atoms with van der Waals surface area (Å²) >= 11 is 0. The number of carbonyl (C=O) groups is 1. The maximum atomic E-state index is 13.1. The van der Waals surface area contributed by atoms with Crippen LogP contribution < -0.4 is 10.1 Å². The van der Waals surface area contributed by atoms with Crippen LogP contribution >= 0.6 is 0 Å². The van der Waals surface area contributed by atoms with E-state index >= 15 is 0 Å². The number of hydrogen-bond donors (Lipinski definition) is 1. The average molecular weight is 297 g/mol. The van der Waals surface area contributed by atoms with E-state index in [1.165, 1.54) is 7.11 Å². The third-order valence-corrected chi connectivity index (χ3v) is 2.19. The van der Waals surface area contributed by atoms with Gasteiger partial charge in [-0.1, -0.05) is 11.8 Å². The number of hydrogen-bond acceptors (Lipinski definition) is 3. The molecule has 0 spiro atoms. The SMILES string of the molecule is COc1cc(F)c(F)cc1C#CCNC(=O)OC(C)(C)C. The molecule has 0 fully saturated rings. The van der Waals surface area contributed by atoms with Crippen molar-refractivity contribution in [1.82, 2.24) is 5.32 Å². The van der Waals surface area contributed by atoms with Crippen molar-refractivity contribution in [3.63, 3.8) is 0 Å². The molecule has 0 aliphatic heterocycles. The number of nitrogens with one attached hydrogen (secondary N) is 1. The Morgan fingerprint density at radius 1 is 1.29 bits per heavy atom. The second-order valence-corrected chi connectivity index (χ2v) is 5.12. The lowest BCUT2D eigenvalue weighted by Crippen LogP contribution is -2.32. The molecule has 6 heteroatoms. The van der Waals surface area contributed by atoms with Crippen LogP contribution in [0, 0.1) is 23.5 Å². The Morgan fingerprint density at radius 2 is 1.90 bits per heavy atom. The standard InChI is InChI=1S/C15H17F2NO3/c1-15(2,3)21-14(19)18-7-5-6-10-8-11(16)12(17)9-13(10)20-4/h8-9H,7H2,1-4H3,(H,18,19). The molecule has 0 heterocycles. The second-order valence-electron chi connectivity index (χ2n) is 5.12. The predicted octanol–water partition coefficient (Wildman–Crippen LogP) is 2.85. The highest BCUT2D eigenvalue weighted by Gasteiger charge is 2.15. The van der Waals surface area contributed by atoms with Crippen molar-refractivity contribution < 1.29 is 23.0 Å². The molecular formula is C15H17F2NO3. The predicted molar refractivity (Wildman–Crippen MR) is 74.0 cm³/mol. The van der Waals surface area contributed by atoms with E-state index in [0.29, 0.717) is 0 Å². The monoisotopic (exact) mass is 297 g/mol. The third-order valence-electron chi connectivity index (χ3n) is 2.19. The van der Waals surface area contributed by atoms with Crippen molar-refractivity contribution >= 4 is 6.09 Å². The van der Waals surface area contributed by atoms with Crippen LogP contribution in [0.25, 0.3) is 0 Å². The highest BCUT2D eigenvalue weighted by molar-refractivity contribution is 5.68. The van der Waals surface area contributed by atoms with Crippen LogP contribution in [-0.4, -0.2) is 25.3 Å². The normalized spacial score (nSPS) is 10.4. The molecule has 1 amide bonds. The number of benzene rings is 1. The molecule has 1 aromatic carbocycles. The Bertz CT molecular complexity index is 583. The lowest BCUT2D eigenvalue weighted by molar-refractivity contribution is 0.0535. The average Bonchev–Trinajstić information content (AvgIpc) is 2.36. The van der Waals surface area contributed by atoms with Crippen LogP contribution in [0.1, 0.15) is 26.3 Å². The van der Waals surface area contributed by atoms with Crippen LogP contribution in [0.4, 0.5) is 13.6 Å². The summed E-state index contributed by atoms with van der Waals surface area (Å²) in [6.07, 6.45) is -0.603. The molecule has 1 N–H and O–H groups in total. The van der Waals surface area contributed by atoms with Gasteiger partial charge in [0.25, 0.3) is 0 Å². The highest BCUT2D eigenvalue weighted by atomic mass is 19.2. The van der Waals surface area contributed by atoms with Gasteiger partial charge in [0.15, 0.2) is 11.6 Å². The summed E-state index contributed by atoms with van der Waals surface area (Å²) in [7, 11) is 1.33. The molecule has 0 aliphatic carbocycles. The Balaban J connectivity index is 2.67. The minimum absolute atomic E-state index is 0.0110. The van der Waals surface area contributed by atoms with Crippen molar-refractivity contribution in [3.8, 4) is 17.6 Å². The Kier molecular flexibility index (Phi) is 5.53. The minimum atomic E-state index is -1.01. The van der Waals surface area contributed by atoms with Crippen molar-refractivity contribution in [2.24, 2.45) is 0 Å². The molecule has 0 unspecified atom stereocenters. The van der Waals surface area contributed by atoms with Crippen molar-refractivity contribution in [1.29, 1.82) is 0 Å². The fourth-order valence-electron chi connectivity index (χ4n) is 1.37. The number of rotatable bonds is 2. The van der Waals surface area contributed by atoms with Gasteiger partial charge in [0.2, 0.25) is 0 Å². The van der Waals surface area contributed by atoms with Gasteiger partial charge in [-0.2, -0.15) is 0 Å². The molecule has 1 rings (SSSR count). The largest absolute Gasteiger partial charge is 0.495 e. The molecular weight excluding hydrogens is 280 g/mol. The molecule has 0 saturated heterocycles. The second kappa shape index (κ2) is 6.93. The maximum Gasteiger partial charge on any atom is 0.408 e.